The Hall–Kier alpha value is -1.86. The molecule has 0 unspecified atom stereocenters. The first kappa shape index (κ1) is 19.5. The molecule has 2 aliphatic rings. The molecular formula is C21H22BrNO4S. The van der Waals surface area contributed by atoms with E-state index in [2.05, 4.69) is 35.1 Å². The number of piperidine rings is 1. The number of carbonyl (C=O) groups excluding carboxylic acids is 1. The maximum atomic E-state index is 13.5. The van der Waals surface area contributed by atoms with Gasteiger partial charge in [0.05, 0.1) is 4.90 Å². The van der Waals surface area contributed by atoms with Crippen LogP contribution in [0.2, 0.25) is 0 Å². The number of fused-ring (bicyclic) bond motifs is 4. The van der Waals surface area contributed by atoms with Crippen molar-refractivity contribution >= 4 is 31.7 Å². The molecule has 1 fully saturated rings. The van der Waals surface area contributed by atoms with Crippen LogP contribution in [-0.2, 0) is 14.6 Å². The van der Waals surface area contributed by atoms with Crippen molar-refractivity contribution < 1.29 is 17.9 Å². The summed E-state index contributed by atoms with van der Waals surface area (Å²) in [6, 6.07) is 12.3. The molecule has 0 radical (unpaired) electrons. The van der Waals surface area contributed by atoms with Crippen molar-refractivity contribution in [2.24, 2.45) is 0 Å². The number of ether oxygens (including phenoxy) is 1. The lowest BCUT2D eigenvalue weighted by Crippen LogP contribution is -2.63. The zero-order chi connectivity index (χ0) is 20.3. The first-order chi connectivity index (χ1) is 13.1. The Bertz CT molecular complexity index is 1050. The second-order valence-electron chi connectivity index (χ2n) is 8.00. The normalized spacial score (nSPS) is 26.4. The molecule has 2 aliphatic heterocycles. The van der Waals surface area contributed by atoms with E-state index in [-0.39, 0.29) is 4.90 Å². The molecule has 2 bridgehead atoms. The zero-order valence-electron chi connectivity index (χ0n) is 15.9. The Labute approximate surface area is 173 Å². The second-order valence-corrected chi connectivity index (χ2v) is 11.0. The van der Waals surface area contributed by atoms with Crippen LogP contribution in [0.15, 0.2) is 51.8 Å². The summed E-state index contributed by atoms with van der Waals surface area (Å²) in [5.74, 6) is -0.0837. The number of nitrogens with one attached hydrogen (secondary N) is 1. The number of amides is 1. The fourth-order valence-corrected chi connectivity index (χ4v) is 6.33. The molecule has 1 saturated heterocycles. The Morgan fingerprint density at radius 1 is 1.18 bits per heavy atom. The van der Waals surface area contributed by atoms with Crippen LogP contribution in [0, 0.1) is 0 Å². The molecule has 1 N–H and O–H groups in total. The van der Waals surface area contributed by atoms with Gasteiger partial charge in [0.2, 0.25) is 5.91 Å². The van der Waals surface area contributed by atoms with Crippen LogP contribution in [0.25, 0.3) is 0 Å². The first-order valence-electron chi connectivity index (χ1n) is 9.25. The molecule has 0 saturated carbocycles. The highest BCUT2D eigenvalue weighted by atomic mass is 79.9. The van der Waals surface area contributed by atoms with Gasteiger partial charge in [-0.3, -0.25) is 4.79 Å². The summed E-state index contributed by atoms with van der Waals surface area (Å²) in [7, 11) is -3.87. The van der Waals surface area contributed by atoms with Gasteiger partial charge in [0.1, 0.15) is 5.75 Å². The molecule has 2 aromatic rings. The largest absolute Gasteiger partial charge is 0.468 e. The molecule has 4 rings (SSSR count). The Balaban J connectivity index is 1.81. The molecular weight excluding hydrogens is 442 g/mol. The molecule has 5 nitrogen and oxygen atoms in total. The number of benzene rings is 2. The summed E-state index contributed by atoms with van der Waals surface area (Å²) in [4.78, 5) is 13.1. The number of hydrogen-bond acceptors (Lipinski definition) is 4. The van der Waals surface area contributed by atoms with E-state index >= 15 is 0 Å². The van der Waals surface area contributed by atoms with E-state index in [0.717, 1.165) is 15.6 Å². The second kappa shape index (κ2) is 6.59. The molecule has 1 amide bonds. The van der Waals surface area contributed by atoms with Gasteiger partial charge in [0.15, 0.2) is 20.8 Å². The van der Waals surface area contributed by atoms with E-state index in [9.17, 15) is 13.2 Å². The molecule has 7 heteroatoms. The van der Waals surface area contributed by atoms with Crippen molar-refractivity contribution in [2.45, 2.75) is 54.9 Å². The summed E-state index contributed by atoms with van der Waals surface area (Å²) in [6.07, 6.45) is 0.399. The van der Waals surface area contributed by atoms with Crippen LogP contribution in [0.1, 0.15) is 50.2 Å². The van der Waals surface area contributed by atoms with Crippen LogP contribution in [-0.4, -0.2) is 25.3 Å². The van der Waals surface area contributed by atoms with Crippen LogP contribution in [0.4, 0.5) is 0 Å². The Kier molecular flexibility index (Phi) is 4.58. The highest BCUT2D eigenvalue weighted by Crippen LogP contribution is 2.47. The Morgan fingerprint density at radius 3 is 2.50 bits per heavy atom. The topological polar surface area (TPSA) is 72.5 Å². The summed E-state index contributed by atoms with van der Waals surface area (Å²) in [6.45, 7) is 5.88. The standard InChI is InChI=1S/C21H22BrNO4S/c1-12(2)13-4-7-15(8-5-13)28(25,26)19-17-11-21(3,23-20(19)24)27-18-9-6-14(22)10-16(17)18/h4-10,12,17,19H,11H2,1-3H3,(H,23,24)/t17-,19-,21-/m0/s1. The van der Waals surface area contributed by atoms with Gasteiger partial charge < -0.3 is 10.1 Å². The third kappa shape index (κ3) is 3.14. The maximum absolute atomic E-state index is 13.5. The van der Waals surface area contributed by atoms with Gasteiger partial charge in [-0.25, -0.2) is 8.42 Å². The number of halogens is 1. The minimum Gasteiger partial charge on any atom is -0.468 e. The van der Waals surface area contributed by atoms with Gasteiger partial charge in [0.25, 0.3) is 0 Å². The minimum atomic E-state index is -3.87. The van der Waals surface area contributed by atoms with Crippen molar-refractivity contribution in [1.82, 2.24) is 5.32 Å². The summed E-state index contributed by atoms with van der Waals surface area (Å²) < 4.78 is 33.7. The Morgan fingerprint density at radius 2 is 1.86 bits per heavy atom. The SMILES string of the molecule is CC(C)c1ccc(S(=O)(=O)[C@@H]2C(=O)N[C@]3(C)C[C@H]2c2cc(Br)ccc2O3)cc1. The lowest BCUT2D eigenvalue weighted by molar-refractivity contribution is -0.132. The van der Waals surface area contributed by atoms with Crippen molar-refractivity contribution in [1.29, 1.82) is 0 Å². The molecule has 0 spiro atoms. The average Bonchev–Trinajstić information content (AvgIpc) is 2.61. The molecule has 2 heterocycles. The quantitative estimate of drug-likeness (QED) is 0.742. The van der Waals surface area contributed by atoms with Crippen molar-refractivity contribution in [3.8, 4) is 5.75 Å². The van der Waals surface area contributed by atoms with Crippen LogP contribution >= 0.6 is 15.9 Å². The lowest BCUT2D eigenvalue weighted by atomic mass is 9.81. The lowest BCUT2D eigenvalue weighted by Gasteiger charge is -2.46. The van der Waals surface area contributed by atoms with Gasteiger partial charge in [-0.2, -0.15) is 0 Å². The third-order valence-corrected chi connectivity index (χ3v) is 8.17. The fourth-order valence-electron chi connectivity index (χ4n) is 4.12. The summed E-state index contributed by atoms with van der Waals surface area (Å²) in [5, 5.41) is 1.59. The predicted molar refractivity (Wildman–Crippen MR) is 110 cm³/mol. The number of hydrogen-bond donors (Lipinski definition) is 1. The van der Waals surface area contributed by atoms with E-state index in [0.29, 0.717) is 18.1 Å². The summed E-state index contributed by atoms with van der Waals surface area (Å²) >= 11 is 3.44. The molecule has 2 aromatic carbocycles. The van der Waals surface area contributed by atoms with E-state index in [1.807, 2.05) is 30.3 Å². The van der Waals surface area contributed by atoms with E-state index in [1.165, 1.54) is 0 Å². The molecule has 148 valence electrons. The number of sulfone groups is 1. The van der Waals surface area contributed by atoms with Gasteiger partial charge in [0, 0.05) is 22.4 Å². The molecule has 3 atom stereocenters. The summed E-state index contributed by atoms with van der Waals surface area (Å²) in [5.41, 5.74) is 0.893. The zero-order valence-corrected chi connectivity index (χ0v) is 18.3. The van der Waals surface area contributed by atoms with Crippen molar-refractivity contribution in [3.05, 3.63) is 58.1 Å². The maximum Gasteiger partial charge on any atom is 0.242 e. The van der Waals surface area contributed by atoms with Crippen molar-refractivity contribution in [3.63, 3.8) is 0 Å². The van der Waals surface area contributed by atoms with E-state index in [1.54, 1.807) is 19.1 Å². The number of carbonyl (C=O) groups is 1. The van der Waals surface area contributed by atoms with Gasteiger partial charge in [-0.15, -0.1) is 0 Å². The molecule has 28 heavy (non-hydrogen) atoms. The minimum absolute atomic E-state index is 0.170. The predicted octanol–water partition coefficient (Wildman–Crippen LogP) is 4.13. The highest BCUT2D eigenvalue weighted by molar-refractivity contribution is 9.10. The van der Waals surface area contributed by atoms with E-state index < -0.39 is 32.6 Å². The van der Waals surface area contributed by atoms with Crippen LogP contribution in [0.5, 0.6) is 5.75 Å². The van der Waals surface area contributed by atoms with Crippen molar-refractivity contribution in [2.75, 3.05) is 0 Å². The van der Waals surface area contributed by atoms with Gasteiger partial charge >= 0.3 is 0 Å². The number of rotatable bonds is 3. The first-order valence-corrected chi connectivity index (χ1v) is 11.6. The van der Waals surface area contributed by atoms with Gasteiger partial charge in [-0.1, -0.05) is 41.9 Å². The smallest absolute Gasteiger partial charge is 0.242 e. The van der Waals surface area contributed by atoms with Gasteiger partial charge in [-0.05, 0) is 48.7 Å². The monoisotopic (exact) mass is 463 g/mol. The molecule has 0 aromatic heterocycles. The van der Waals surface area contributed by atoms with Crippen LogP contribution in [0.3, 0.4) is 0 Å². The highest BCUT2D eigenvalue weighted by Gasteiger charge is 2.54. The molecule has 0 aliphatic carbocycles. The fraction of sp³-hybridized carbons (Fsp3) is 0.381. The van der Waals surface area contributed by atoms with E-state index in [4.69, 9.17) is 4.74 Å². The van der Waals surface area contributed by atoms with Crippen LogP contribution < -0.4 is 10.1 Å². The third-order valence-electron chi connectivity index (χ3n) is 5.54. The average molecular weight is 464 g/mol.